The zero-order valence-corrected chi connectivity index (χ0v) is 12.2. The van der Waals surface area contributed by atoms with Crippen molar-refractivity contribution in [3.05, 3.63) is 18.2 Å². The van der Waals surface area contributed by atoms with E-state index in [0.29, 0.717) is 30.2 Å². The van der Waals surface area contributed by atoms with E-state index in [-0.39, 0.29) is 25.0 Å². The number of benzene rings is 1. The molecule has 0 atom stereocenters. The molecule has 7 heteroatoms. The molecule has 0 radical (unpaired) electrons. The Hall–Kier alpha value is -2.12. The van der Waals surface area contributed by atoms with Gasteiger partial charge in [0.15, 0.2) is 0 Å². The standard InChI is InChI=1S/C14H21N3O4/c1-10(20)15-12-7-13(16-11(2)21)9-14(8-12)17(3-5-18)4-6-19/h7-9,18-19H,3-6H2,1-2H3,(H,15,20)(H,16,21). The molecule has 1 aromatic rings. The van der Waals surface area contributed by atoms with Gasteiger partial charge >= 0.3 is 0 Å². The summed E-state index contributed by atoms with van der Waals surface area (Å²) in [7, 11) is 0. The van der Waals surface area contributed by atoms with Crippen molar-refractivity contribution in [2.24, 2.45) is 0 Å². The molecular formula is C14H21N3O4. The molecule has 0 aliphatic rings. The second kappa shape index (κ2) is 8.23. The lowest BCUT2D eigenvalue weighted by atomic mass is 10.2. The lowest BCUT2D eigenvalue weighted by Gasteiger charge is -2.24. The van der Waals surface area contributed by atoms with Crippen LogP contribution in [0.4, 0.5) is 17.1 Å². The molecule has 2 amide bonds. The molecular weight excluding hydrogens is 274 g/mol. The molecule has 0 aliphatic carbocycles. The van der Waals surface area contributed by atoms with Gasteiger partial charge in [0.25, 0.3) is 0 Å². The maximum Gasteiger partial charge on any atom is 0.221 e. The maximum atomic E-state index is 11.2. The Labute approximate surface area is 123 Å². The fourth-order valence-corrected chi connectivity index (χ4v) is 1.96. The number of anilines is 3. The second-order valence-electron chi connectivity index (χ2n) is 4.57. The first-order chi connectivity index (χ1) is 9.96. The van der Waals surface area contributed by atoms with Crippen LogP contribution < -0.4 is 15.5 Å². The fourth-order valence-electron chi connectivity index (χ4n) is 1.96. The zero-order chi connectivity index (χ0) is 15.8. The summed E-state index contributed by atoms with van der Waals surface area (Å²) in [5.41, 5.74) is 1.75. The number of hydrogen-bond donors (Lipinski definition) is 4. The molecule has 0 aromatic heterocycles. The van der Waals surface area contributed by atoms with Gasteiger partial charge < -0.3 is 25.7 Å². The van der Waals surface area contributed by atoms with E-state index >= 15 is 0 Å². The summed E-state index contributed by atoms with van der Waals surface area (Å²) in [5, 5.41) is 23.5. The van der Waals surface area contributed by atoms with E-state index in [1.54, 1.807) is 23.1 Å². The summed E-state index contributed by atoms with van der Waals surface area (Å²) in [6.07, 6.45) is 0. The van der Waals surface area contributed by atoms with Crippen LogP contribution in [0.15, 0.2) is 18.2 Å². The van der Waals surface area contributed by atoms with Crippen molar-refractivity contribution in [3.8, 4) is 0 Å². The van der Waals surface area contributed by atoms with E-state index in [9.17, 15) is 9.59 Å². The van der Waals surface area contributed by atoms with Gasteiger partial charge in [-0.2, -0.15) is 0 Å². The summed E-state index contributed by atoms with van der Waals surface area (Å²) >= 11 is 0. The number of nitrogens with zero attached hydrogens (tertiary/aromatic N) is 1. The highest BCUT2D eigenvalue weighted by atomic mass is 16.3. The van der Waals surface area contributed by atoms with Crippen molar-refractivity contribution < 1.29 is 19.8 Å². The van der Waals surface area contributed by atoms with Crippen molar-refractivity contribution in [2.45, 2.75) is 13.8 Å². The smallest absolute Gasteiger partial charge is 0.221 e. The van der Waals surface area contributed by atoms with Gasteiger partial charge in [-0.15, -0.1) is 0 Å². The lowest BCUT2D eigenvalue weighted by molar-refractivity contribution is -0.115. The SMILES string of the molecule is CC(=O)Nc1cc(NC(C)=O)cc(N(CCO)CCO)c1. The molecule has 4 N–H and O–H groups in total. The van der Waals surface area contributed by atoms with Crippen LogP contribution in [-0.4, -0.2) is 48.3 Å². The van der Waals surface area contributed by atoms with Gasteiger partial charge in [-0.05, 0) is 18.2 Å². The van der Waals surface area contributed by atoms with Gasteiger partial charge in [0, 0.05) is 44.0 Å². The van der Waals surface area contributed by atoms with Crippen LogP contribution in [-0.2, 0) is 9.59 Å². The first-order valence-corrected chi connectivity index (χ1v) is 6.63. The average Bonchev–Trinajstić information content (AvgIpc) is 2.36. The maximum absolute atomic E-state index is 11.2. The number of amides is 2. The number of carbonyl (C=O) groups excluding carboxylic acids is 2. The summed E-state index contributed by atoms with van der Waals surface area (Å²) in [5.74, 6) is -0.450. The highest BCUT2D eigenvalue weighted by Crippen LogP contribution is 2.25. The highest BCUT2D eigenvalue weighted by molar-refractivity contribution is 5.93. The molecule has 0 fully saturated rings. The fraction of sp³-hybridized carbons (Fsp3) is 0.429. The molecule has 21 heavy (non-hydrogen) atoms. The van der Waals surface area contributed by atoms with Crippen LogP contribution in [0.1, 0.15) is 13.8 Å². The van der Waals surface area contributed by atoms with Gasteiger partial charge in [0.2, 0.25) is 11.8 Å². The Morgan fingerprint density at radius 3 is 1.71 bits per heavy atom. The number of rotatable bonds is 7. The summed E-state index contributed by atoms with van der Waals surface area (Å²) in [4.78, 5) is 24.1. The number of nitrogens with one attached hydrogen (secondary N) is 2. The minimum absolute atomic E-state index is 0.0696. The minimum atomic E-state index is -0.225. The molecule has 116 valence electrons. The number of aliphatic hydroxyl groups excluding tert-OH is 2. The van der Waals surface area contributed by atoms with E-state index < -0.39 is 0 Å². The van der Waals surface area contributed by atoms with Crippen molar-refractivity contribution in [3.63, 3.8) is 0 Å². The third-order valence-electron chi connectivity index (χ3n) is 2.66. The summed E-state index contributed by atoms with van der Waals surface area (Å²) in [6.45, 7) is 3.32. The molecule has 1 aromatic carbocycles. The molecule has 0 bridgehead atoms. The van der Waals surface area contributed by atoms with Crippen LogP contribution in [0.25, 0.3) is 0 Å². The Bertz CT molecular complexity index is 465. The highest BCUT2D eigenvalue weighted by Gasteiger charge is 2.10. The summed E-state index contributed by atoms with van der Waals surface area (Å²) in [6, 6.07) is 5.08. The van der Waals surface area contributed by atoms with Gasteiger partial charge in [-0.3, -0.25) is 9.59 Å². The first kappa shape index (κ1) is 16.9. The quantitative estimate of drug-likeness (QED) is 0.583. The number of hydrogen-bond acceptors (Lipinski definition) is 5. The Balaban J connectivity index is 3.14. The molecule has 0 spiro atoms. The topological polar surface area (TPSA) is 102 Å². The largest absolute Gasteiger partial charge is 0.395 e. The Morgan fingerprint density at radius 2 is 1.38 bits per heavy atom. The van der Waals surface area contributed by atoms with Crippen molar-refractivity contribution in [1.82, 2.24) is 0 Å². The monoisotopic (exact) mass is 295 g/mol. The normalized spacial score (nSPS) is 10.1. The van der Waals surface area contributed by atoms with Gasteiger partial charge in [0.1, 0.15) is 0 Å². The van der Waals surface area contributed by atoms with Crippen LogP contribution in [0.2, 0.25) is 0 Å². The van der Waals surface area contributed by atoms with Crippen molar-refractivity contribution in [1.29, 1.82) is 0 Å². The lowest BCUT2D eigenvalue weighted by Crippen LogP contribution is -2.29. The third-order valence-corrected chi connectivity index (χ3v) is 2.66. The zero-order valence-electron chi connectivity index (χ0n) is 12.2. The predicted molar refractivity (Wildman–Crippen MR) is 81.4 cm³/mol. The van der Waals surface area contributed by atoms with E-state index in [1.165, 1.54) is 13.8 Å². The molecule has 0 saturated carbocycles. The molecule has 0 unspecified atom stereocenters. The minimum Gasteiger partial charge on any atom is -0.395 e. The second-order valence-corrected chi connectivity index (χ2v) is 4.57. The predicted octanol–water partition coefficient (Wildman–Crippen LogP) is 0.394. The van der Waals surface area contributed by atoms with E-state index in [2.05, 4.69) is 10.6 Å². The summed E-state index contributed by atoms with van der Waals surface area (Å²) < 4.78 is 0. The van der Waals surface area contributed by atoms with E-state index in [0.717, 1.165) is 0 Å². The van der Waals surface area contributed by atoms with Gasteiger partial charge in [0.05, 0.1) is 13.2 Å². The van der Waals surface area contributed by atoms with Crippen LogP contribution in [0.5, 0.6) is 0 Å². The Kier molecular flexibility index (Phi) is 6.64. The van der Waals surface area contributed by atoms with Gasteiger partial charge in [-0.1, -0.05) is 0 Å². The van der Waals surface area contributed by atoms with E-state index in [4.69, 9.17) is 10.2 Å². The van der Waals surface area contributed by atoms with Gasteiger partial charge in [-0.25, -0.2) is 0 Å². The molecule has 0 aliphatic heterocycles. The van der Waals surface area contributed by atoms with Crippen molar-refractivity contribution >= 4 is 28.9 Å². The van der Waals surface area contributed by atoms with Crippen LogP contribution >= 0.6 is 0 Å². The van der Waals surface area contributed by atoms with Crippen molar-refractivity contribution in [2.75, 3.05) is 41.8 Å². The Morgan fingerprint density at radius 1 is 0.952 bits per heavy atom. The molecule has 1 rings (SSSR count). The van der Waals surface area contributed by atoms with Crippen LogP contribution in [0, 0.1) is 0 Å². The van der Waals surface area contributed by atoms with E-state index in [1.807, 2.05) is 0 Å². The third kappa shape index (κ3) is 5.80. The number of carbonyl (C=O) groups is 2. The average molecular weight is 295 g/mol. The molecule has 0 heterocycles. The molecule has 7 nitrogen and oxygen atoms in total. The first-order valence-electron chi connectivity index (χ1n) is 6.63. The number of aliphatic hydroxyl groups is 2. The van der Waals surface area contributed by atoms with Crippen LogP contribution in [0.3, 0.4) is 0 Å². The molecule has 0 saturated heterocycles.